The lowest BCUT2D eigenvalue weighted by Crippen LogP contribution is -2.40. The molecule has 9 heteroatoms. The number of anilines is 1. The number of thioether (sulfide) groups is 1. The van der Waals surface area contributed by atoms with Crippen molar-refractivity contribution in [2.75, 3.05) is 23.7 Å². The van der Waals surface area contributed by atoms with Gasteiger partial charge in [0.2, 0.25) is 5.91 Å². The molecule has 0 bridgehead atoms. The van der Waals surface area contributed by atoms with Crippen molar-refractivity contribution in [1.82, 2.24) is 5.32 Å². The Labute approximate surface area is 204 Å². The third-order valence-electron chi connectivity index (χ3n) is 4.77. The predicted molar refractivity (Wildman–Crippen MR) is 134 cm³/mol. The van der Waals surface area contributed by atoms with Crippen LogP contribution in [0.2, 0.25) is 5.02 Å². The maximum atomic E-state index is 13.5. The Balaban J connectivity index is 1.85. The largest absolute Gasteiger partial charge is 0.494 e. The Morgan fingerprint density at radius 2 is 1.64 bits per heavy atom. The number of rotatable bonds is 10. The number of amides is 1. The van der Waals surface area contributed by atoms with Crippen LogP contribution in [0.5, 0.6) is 5.75 Å². The van der Waals surface area contributed by atoms with Crippen LogP contribution >= 0.6 is 23.4 Å². The fourth-order valence-electron chi connectivity index (χ4n) is 3.05. The summed E-state index contributed by atoms with van der Waals surface area (Å²) in [5.41, 5.74) is 1.23. The summed E-state index contributed by atoms with van der Waals surface area (Å²) in [6.45, 7) is 2.26. The molecule has 0 heterocycles. The van der Waals surface area contributed by atoms with Crippen LogP contribution in [0.25, 0.3) is 0 Å². The number of hydrogen-bond acceptors (Lipinski definition) is 5. The first-order valence-electron chi connectivity index (χ1n) is 10.2. The van der Waals surface area contributed by atoms with E-state index in [1.54, 1.807) is 72.8 Å². The number of carbonyl (C=O) groups excluding carboxylic acids is 1. The second kappa shape index (κ2) is 11.4. The van der Waals surface area contributed by atoms with Gasteiger partial charge in [-0.25, -0.2) is 8.42 Å². The summed E-state index contributed by atoms with van der Waals surface area (Å²) in [5, 5.41) is 3.38. The third kappa shape index (κ3) is 6.66. The van der Waals surface area contributed by atoms with Gasteiger partial charge in [-0.2, -0.15) is 0 Å². The summed E-state index contributed by atoms with van der Waals surface area (Å²) in [6.07, 6.45) is 1.92. The van der Waals surface area contributed by atoms with E-state index in [0.29, 0.717) is 23.1 Å². The van der Waals surface area contributed by atoms with Crippen LogP contribution in [0.15, 0.2) is 82.6 Å². The van der Waals surface area contributed by atoms with E-state index in [2.05, 4.69) is 5.32 Å². The van der Waals surface area contributed by atoms with Crippen molar-refractivity contribution in [3.05, 3.63) is 83.4 Å². The van der Waals surface area contributed by atoms with Crippen molar-refractivity contribution >= 4 is 45.0 Å². The standard InChI is InChI=1S/C24H25ClN2O4S2/c1-3-31-21-10-8-20(9-11-21)27(33(29,30)23-14-12-22(32-2)13-15-23)17-24(28)26-16-18-4-6-19(25)7-5-18/h4-15H,3,16-17H2,1-2H3,(H,26,28). The smallest absolute Gasteiger partial charge is 0.264 e. The average molecular weight is 505 g/mol. The highest BCUT2D eigenvalue weighted by molar-refractivity contribution is 7.98. The molecule has 0 aliphatic rings. The summed E-state index contributed by atoms with van der Waals surface area (Å²) in [7, 11) is -3.98. The molecule has 0 aliphatic heterocycles. The van der Waals surface area contributed by atoms with Gasteiger partial charge in [-0.15, -0.1) is 11.8 Å². The molecule has 3 aromatic rings. The average Bonchev–Trinajstić information content (AvgIpc) is 2.83. The van der Waals surface area contributed by atoms with Crippen molar-refractivity contribution in [2.45, 2.75) is 23.3 Å². The zero-order chi connectivity index (χ0) is 23.8. The van der Waals surface area contributed by atoms with E-state index in [0.717, 1.165) is 14.8 Å². The Kier molecular flexibility index (Phi) is 8.66. The maximum Gasteiger partial charge on any atom is 0.264 e. The first kappa shape index (κ1) is 25.0. The molecule has 0 aromatic heterocycles. The number of halogens is 1. The van der Waals surface area contributed by atoms with Gasteiger partial charge in [0.1, 0.15) is 12.3 Å². The van der Waals surface area contributed by atoms with E-state index >= 15 is 0 Å². The number of hydrogen-bond donors (Lipinski definition) is 1. The molecule has 0 radical (unpaired) electrons. The molecule has 0 fully saturated rings. The Bertz CT molecular complexity index is 1170. The first-order chi connectivity index (χ1) is 15.8. The van der Waals surface area contributed by atoms with Crippen LogP contribution in [0, 0.1) is 0 Å². The lowest BCUT2D eigenvalue weighted by Gasteiger charge is -2.24. The van der Waals surface area contributed by atoms with E-state index in [4.69, 9.17) is 16.3 Å². The molecule has 3 rings (SSSR count). The van der Waals surface area contributed by atoms with Crippen LogP contribution in [0.4, 0.5) is 5.69 Å². The second-order valence-corrected chi connectivity index (χ2v) is 10.2. The van der Waals surface area contributed by atoms with Gasteiger partial charge in [0, 0.05) is 16.5 Å². The fraction of sp³-hybridized carbons (Fsp3) is 0.208. The molecule has 33 heavy (non-hydrogen) atoms. The minimum Gasteiger partial charge on any atom is -0.494 e. The minimum atomic E-state index is -3.98. The molecule has 0 saturated heterocycles. The summed E-state index contributed by atoms with van der Waals surface area (Å²) >= 11 is 7.42. The van der Waals surface area contributed by atoms with Gasteiger partial charge in [-0.05, 0) is 79.4 Å². The SMILES string of the molecule is CCOc1ccc(N(CC(=O)NCc2ccc(Cl)cc2)S(=O)(=O)c2ccc(SC)cc2)cc1. The fourth-order valence-corrected chi connectivity index (χ4v) is 5.01. The van der Waals surface area contributed by atoms with E-state index in [1.807, 2.05) is 13.2 Å². The van der Waals surface area contributed by atoms with Crippen molar-refractivity contribution in [3.63, 3.8) is 0 Å². The van der Waals surface area contributed by atoms with Crippen LogP contribution in [0.3, 0.4) is 0 Å². The molecule has 0 spiro atoms. The van der Waals surface area contributed by atoms with Gasteiger partial charge in [0.25, 0.3) is 10.0 Å². The van der Waals surface area contributed by atoms with E-state index in [9.17, 15) is 13.2 Å². The zero-order valence-corrected chi connectivity index (χ0v) is 20.7. The Morgan fingerprint density at radius 1 is 1.00 bits per heavy atom. The maximum absolute atomic E-state index is 13.5. The molecule has 0 saturated carbocycles. The van der Waals surface area contributed by atoms with E-state index in [1.165, 1.54) is 11.8 Å². The van der Waals surface area contributed by atoms with Crippen molar-refractivity contribution in [2.24, 2.45) is 0 Å². The second-order valence-electron chi connectivity index (χ2n) is 7.02. The van der Waals surface area contributed by atoms with Gasteiger partial charge < -0.3 is 10.1 Å². The van der Waals surface area contributed by atoms with Crippen LogP contribution in [-0.4, -0.2) is 33.7 Å². The number of nitrogens with zero attached hydrogens (tertiary/aromatic N) is 1. The number of benzene rings is 3. The molecule has 3 aromatic carbocycles. The van der Waals surface area contributed by atoms with Gasteiger partial charge >= 0.3 is 0 Å². The van der Waals surface area contributed by atoms with Crippen LogP contribution in [-0.2, 0) is 21.4 Å². The molecule has 1 N–H and O–H groups in total. The molecule has 174 valence electrons. The highest BCUT2D eigenvalue weighted by Crippen LogP contribution is 2.27. The molecule has 0 aliphatic carbocycles. The quantitative estimate of drug-likeness (QED) is 0.394. The summed E-state index contributed by atoms with van der Waals surface area (Å²) < 4.78 is 33.5. The van der Waals surface area contributed by atoms with Gasteiger partial charge in [-0.1, -0.05) is 23.7 Å². The molecular weight excluding hydrogens is 480 g/mol. The Hall–Kier alpha value is -2.68. The van der Waals surface area contributed by atoms with E-state index < -0.39 is 15.9 Å². The van der Waals surface area contributed by atoms with E-state index in [-0.39, 0.29) is 18.0 Å². The highest BCUT2D eigenvalue weighted by atomic mass is 35.5. The van der Waals surface area contributed by atoms with Crippen molar-refractivity contribution < 1.29 is 17.9 Å². The van der Waals surface area contributed by atoms with Crippen molar-refractivity contribution in [1.29, 1.82) is 0 Å². The Morgan fingerprint density at radius 3 is 2.21 bits per heavy atom. The predicted octanol–water partition coefficient (Wildman–Crippen LogP) is 4.97. The molecule has 1 amide bonds. The third-order valence-corrected chi connectivity index (χ3v) is 7.56. The highest BCUT2D eigenvalue weighted by Gasteiger charge is 2.27. The molecule has 0 atom stereocenters. The van der Waals surface area contributed by atoms with Crippen LogP contribution < -0.4 is 14.4 Å². The van der Waals surface area contributed by atoms with Crippen molar-refractivity contribution in [3.8, 4) is 5.75 Å². The molecule has 0 unspecified atom stereocenters. The number of ether oxygens (including phenoxy) is 1. The topological polar surface area (TPSA) is 75.7 Å². The molecular formula is C24H25ClN2O4S2. The number of nitrogens with one attached hydrogen (secondary N) is 1. The summed E-state index contributed by atoms with van der Waals surface area (Å²) in [6, 6.07) is 20.3. The minimum absolute atomic E-state index is 0.111. The van der Waals surface area contributed by atoms with Gasteiger partial charge in [-0.3, -0.25) is 9.10 Å². The van der Waals surface area contributed by atoms with Gasteiger partial charge in [0.05, 0.1) is 17.2 Å². The monoisotopic (exact) mass is 504 g/mol. The molecule has 6 nitrogen and oxygen atoms in total. The van der Waals surface area contributed by atoms with Crippen LogP contribution in [0.1, 0.15) is 12.5 Å². The normalized spacial score (nSPS) is 11.1. The lowest BCUT2D eigenvalue weighted by atomic mass is 10.2. The summed E-state index contributed by atoms with van der Waals surface area (Å²) in [4.78, 5) is 13.8. The number of sulfonamides is 1. The number of carbonyl (C=O) groups is 1. The van der Waals surface area contributed by atoms with Gasteiger partial charge in [0.15, 0.2) is 0 Å². The zero-order valence-electron chi connectivity index (χ0n) is 18.3. The lowest BCUT2D eigenvalue weighted by molar-refractivity contribution is -0.119. The first-order valence-corrected chi connectivity index (χ1v) is 13.3. The summed E-state index contributed by atoms with van der Waals surface area (Å²) in [5.74, 6) is 0.193.